The van der Waals surface area contributed by atoms with E-state index in [4.69, 9.17) is 0 Å². The first-order chi connectivity index (χ1) is 5.52. The largest absolute Gasteiger partial charge is 0.289 e. The molecule has 0 rings (SSSR count). The zero-order chi connectivity index (χ0) is 9.56. The Bertz CT molecular complexity index is 241. The third-order valence-electron chi connectivity index (χ3n) is 0.721. The Balaban J connectivity index is 4.07. The lowest BCUT2D eigenvalue weighted by molar-refractivity contribution is -0.402. The summed E-state index contributed by atoms with van der Waals surface area (Å²) in [5.41, 5.74) is 0. The molecule has 64 valence electrons. The molecule has 0 aliphatic heterocycles. The lowest BCUT2D eigenvalue weighted by Gasteiger charge is -1.78. The van der Waals surface area contributed by atoms with Gasteiger partial charge in [0.15, 0.2) is 5.78 Å². The van der Waals surface area contributed by atoms with E-state index < -0.39 is 15.6 Å². The van der Waals surface area contributed by atoms with Crippen LogP contribution < -0.4 is 0 Å². The van der Waals surface area contributed by atoms with E-state index in [0.29, 0.717) is 24.6 Å². The van der Waals surface area contributed by atoms with E-state index in [9.17, 15) is 25.0 Å². The summed E-state index contributed by atoms with van der Waals surface area (Å²) in [6.45, 7) is 0. The first kappa shape index (κ1) is 9.95. The second-order valence-corrected chi connectivity index (χ2v) is 1.60. The molecule has 7 heteroatoms. The van der Waals surface area contributed by atoms with Crippen molar-refractivity contribution >= 4 is 5.78 Å². The number of hydrogen-bond acceptors (Lipinski definition) is 5. The molecule has 7 nitrogen and oxygen atoms in total. The molecular weight excluding hydrogens is 168 g/mol. The minimum absolute atomic E-state index is 0.409. The smallest absolute Gasteiger partial charge is 0.238 e. The van der Waals surface area contributed by atoms with Crippen LogP contribution in [0.25, 0.3) is 0 Å². The van der Waals surface area contributed by atoms with Crippen LogP contribution >= 0.6 is 0 Å². The highest BCUT2D eigenvalue weighted by molar-refractivity contribution is 5.98. The predicted molar refractivity (Wildman–Crippen MR) is 37.3 cm³/mol. The highest BCUT2D eigenvalue weighted by Crippen LogP contribution is 1.82. The van der Waals surface area contributed by atoms with Gasteiger partial charge in [-0.05, 0) is 0 Å². The topological polar surface area (TPSA) is 103 Å². The molecule has 0 fully saturated rings. The molecule has 0 spiro atoms. The van der Waals surface area contributed by atoms with E-state index in [1.54, 1.807) is 0 Å². The van der Waals surface area contributed by atoms with E-state index in [2.05, 4.69) is 0 Å². The van der Waals surface area contributed by atoms with E-state index >= 15 is 0 Å². The number of carbonyl (C=O) groups is 1. The summed E-state index contributed by atoms with van der Waals surface area (Å²) in [7, 11) is 0. The molecule has 0 radical (unpaired) electrons. The first-order valence-electron chi connectivity index (χ1n) is 2.69. The maximum absolute atomic E-state index is 10.5. The minimum Gasteiger partial charge on any atom is -0.289 e. The minimum atomic E-state index is -0.835. The van der Waals surface area contributed by atoms with Gasteiger partial charge in [0.2, 0.25) is 12.4 Å². The van der Waals surface area contributed by atoms with Crippen LogP contribution in [0.1, 0.15) is 0 Å². The lowest BCUT2D eigenvalue weighted by Crippen LogP contribution is -1.92. The second kappa shape index (κ2) is 4.72. The SMILES string of the molecule is O=C(C=C[N+](=O)[O-])C=C[N+](=O)[O-]. The number of ketones is 1. The van der Waals surface area contributed by atoms with Gasteiger partial charge in [-0.1, -0.05) is 0 Å². The van der Waals surface area contributed by atoms with Crippen LogP contribution in [0.4, 0.5) is 0 Å². The average molecular weight is 172 g/mol. The number of hydrogen-bond donors (Lipinski definition) is 0. The number of nitrogens with zero attached hydrogens (tertiary/aromatic N) is 2. The Morgan fingerprint density at radius 2 is 1.33 bits per heavy atom. The fourth-order valence-corrected chi connectivity index (χ4v) is 0.324. The van der Waals surface area contributed by atoms with Gasteiger partial charge in [0.1, 0.15) is 0 Å². The average Bonchev–Trinajstić information content (AvgIpc) is 1.96. The molecule has 0 atom stereocenters. The molecule has 0 N–H and O–H groups in total. The summed E-state index contributed by atoms with van der Waals surface area (Å²) in [4.78, 5) is 28.1. The van der Waals surface area contributed by atoms with Gasteiger partial charge in [-0.25, -0.2) is 0 Å². The zero-order valence-electron chi connectivity index (χ0n) is 5.75. The highest BCUT2D eigenvalue weighted by atomic mass is 16.6. The lowest BCUT2D eigenvalue weighted by atomic mass is 10.4. The van der Waals surface area contributed by atoms with Gasteiger partial charge in [0.05, 0.1) is 22.0 Å². The molecular formula is C5H4N2O5. The van der Waals surface area contributed by atoms with Crippen molar-refractivity contribution in [3.05, 3.63) is 44.8 Å². The highest BCUT2D eigenvalue weighted by Gasteiger charge is 1.95. The van der Waals surface area contributed by atoms with E-state index in [1.165, 1.54) is 0 Å². The van der Waals surface area contributed by atoms with Crippen molar-refractivity contribution in [2.75, 3.05) is 0 Å². The van der Waals surface area contributed by atoms with Crippen molar-refractivity contribution in [3.63, 3.8) is 0 Å². The van der Waals surface area contributed by atoms with Crippen molar-refractivity contribution in [1.82, 2.24) is 0 Å². The molecule has 0 saturated carbocycles. The van der Waals surface area contributed by atoms with Gasteiger partial charge in [0, 0.05) is 0 Å². The van der Waals surface area contributed by atoms with Gasteiger partial charge in [-0.3, -0.25) is 25.0 Å². The number of nitro groups is 2. The van der Waals surface area contributed by atoms with Crippen LogP contribution in [0.2, 0.25) is 0 Å². The Morgan fingerprint density at radius 3 is 1.58 bits per heavy atom. The van der Waals surface area contributed by atoms with Crippen LogP contribution in [-0.4, -0.2) is 15.6 Å². The second-order valence-electron chi connectivity index (χ2n) is 1.60. The van der Waals surface area contributed by atoms with Gasteiger partial charge in [-0.15, -0.1) is 0 Å². The Labute approximate surface area is 66.3 Å². The Morgan fingerprint density at radius 1 is 1.00 bits per heavy atom. The van der Waals surface area contributed by atoms with Crippen LogP contribution in [-0.2, 0) is 4.79 Å². The van der Waals surface area contributed by atoms with Crippen molar-refractivity contribution < 1.29 is 14.6 Å². The monoisotopic (exact) mass is 172 g/mol. The quantitative estimate of drug-likeness (QED) is 0.340. The van der Waals surface area contributed by atoms with Crippen molar-refractivity contribution in [1.29, 1.82) is 0 Å². The molecule has 0 amide bonds. The van der Waals surface area contributed by atoms with Gasteiger partial charge in [-0.2, -0.15) is 0 Å². The third kappa shape index (κ3) is 6.08. The molecule has 0 aromatic rings. The summed E-state index contributed by atoms with van der Waals surface area (Å²) in [5, 5.41) is 19.3. The zero-order valence-corrected chi connectivity index (χ0v) is 5.75. The van der Waals surface area contributed by atoms with Gasteiger partial charge < -0.3 is 0 Å². The number of allylic oxidation sites excluding steroid dienone is 2. The summed E-state index contributed by atoms with van der Waals surface area (Å²) in [5.74, 6) is -0.802. The van der Waals surface area contributed by atoms with Crippen LogP contribution in [0.5, 0.6) is 0 Å². The Hall–Kier alpha value is -2.05. The van der Waals surface area contributed by atoms with Gasteiger partial charge >= 0.3 is 0 Å². The van der Waals surface area contributed by atoms with E-state index in [1.807, 2.05) is 0 Å². The predicted octanol–water partition coefficient (Wildman–Crippen LogP) is 0.136. The van der Waals surface area contributed by atoms with Crippen LogP contribution in [0, 0.1) is 20.2 Å². The molecule has 0 unspecified atom stereocenters. The number of rotatable bonds is 4. The molecule has 0 aromatic carbocycles. The molecule has 0 aliphatic rings. The van der Waals surface area contributed by atoms with Crippen molar-refractivity contribution in [2.24, 2.45) is 0 Å². The molecule has 12 heavy (non-hydrogen) atoms. The standard InChI is InChI=1S/C5H4N2O5/c8-5(1-3-6(9)10)2-4-7(11)12/h1-4H. The maximum Gasteiger partial charge on any atom is 0.238 e. The molecule has 0 aromatic heterocycles. The Kier molecular flexibility index (Phi) is 3.91. The number of carbonyl (C=O) groups excluding carboxylic acids is 1. The molecule has 0 aliphatic carbocycles. The first-order valence-corrected chi connectivity index (χ1v) is 2.69. The van der Waals surface area contributed by atoms with Crippen LogP contribution in [0.3, 0.4) is 0 Å². The summed E-state index contributed by atoms with van der Waals surface area (Å²) < 4.78 is 0. The van der Waals surface area contributed by atoms with E-state index in [0.717, 1.165) is 0 Å². The van der Waals surface area contributed by atoms with Crippen LogP contribution in [0.15, 0.2) is 24.6 Å². The van der Waals surface area contributed by atoms with Crippen molar-refractivity contribution in [2.45, 2.75) is 0 Å². The summed E-state index contributed by atoms with van der Waals surface area (Å²) >= 11 is 0. The molecule has 0 bridgehead atoms. The maximum atomic E-state index is 10.5. The van der Waals surface area contributed by atoms with E-state index in [-0.39, 0.29) is 0 Å². The van der Waals surface area contributed by atoms with Gasteiger partial charge in [0.25, 0.3) is 0 Å². The molecule has 0 saturated heterocycles. The van der Waals surface area contributed by atoms with Crippen molar-refractivity contribution in [3.8, 4) is 0 Å². The fraction of sp³-hybridized carbons (Fsp3) is 0. The third-order valence-corrected chi connectivity index (χ3v) is 0.721. The summed E-state index contributed by atoms with van der Waals surface area (Å²) in [6.07, 6.45) is 2.07. The normalized spacial score (nSPS) is 10.7. The fourth-order valence-electron chi connectivity index (χ4n) is 0.324. The molecule has 0 heterocycles. The summed E-state index contributed by atoms with van der Waals surface area (Å²) in [6, 6.07) is 0.